The third kappa shape index (κ3) is 1.89. The second kappa shape index (κ2) is 2.88. The average molecular weight is 192 g/mol. The molecule has 13 heavy (non-hydrogen) atoms. The van der Waals surface area contributed by atoms with Crippen molar-refractivity contribution in [2.45, 2.75) is 12.6 Å². The summed E-state index contributed by atoms with van der Waals surface area (Å²) in [6.45, 7) is 3.28. The molecule has 0 radical (unpaired) electrons. The summed E-state index contributed by atoms with van der Waals surface area (Å²) in [7, 11) is 0. The normalized spacial score (nSPS) is 19.1. The number of alkyl halides is 3. The van der Waals surface area contributed by atoms with E-state index in [2.05, 4.69) is 6.58 Å². The molecule has 1 aliphatic rings. The maximum Gasteiger partial charge on any atom is 0.432 e. The first kappa shape index (κ1) is 9.79. The van der Waals surface area contributed by atoms with E-state index >= 15 is 0 Å². The fourth-order valence-corrected chi connectivity index (χ4v) is 0.946. The number of nitrogens with zero attached hydrogens (tertiary/aromatic N) is 1. The van der Waals surface area contributed by atoms with Crippen LogP contribution in [0.4, 0.5) is 13.2 Å². The molecule has 0 unspecified atom stereocenters. The van der Waals surface area contributed by atoms with E-state index in [0.717, 1.165) is 6.08 Å². The summed E-state index contributed by atoms with van der Waals surface area (Å²) in [4.78, 5) is 10.9. The van der Waals surface area contributed by atoms with Crippen molar-refractivity contribution in [2.75, 3.05) is 0 Å². The Hall–Kier alpha value is -1.30. The first-order valence-electron chi connectivity index (χ1n) is 3.36. The monoisotopic (exact) mass is 192 g/mol. The van der Waals surface area contributed by atoms with E-state index in [1.165, 1.54) is 0 Å². The lowest BCUT2D eigenvalue weighted by Gasteiger charge is -2.25. The molecule has 72 valence electrons. The Morgan fingerprint density at radius 2 is 2.08 bits per heavy atom. The number of carbonyl (C=O) groups excluding carboxylic acids is 1. The van der Waals surface area contributed by atoms with Gasteiger partial charge in [-0.05, 0) is 11.6 Å². The molecule has 0 saturated heterocycles. The van der Waals surface area contributed by atoms with Gasteiger partial charge in [-0.1, -0.05) is 6.58 Å². The molecule has 3 nitrogen and oxygen atoms in total. The van der Waals surface area contributed by atoms with Crippen molar-refractivity contribution >= 4 is 5.91 Å². The summed E-state index contributed by atoms with van der Waals surface area (Å²) in [6, 6.07) is 0. The highest BCUT2D eigenvalue weighted by Crippen LogP contribution is 2.31. The van der Waals surface area contributed by atoms with E-state index in [4.69, 9.17) is 5.84 Å². The third-order valence-corrected chi connectivity index (χ3v) is 1.54. The van der Waals surface area contributed by atoms with Crippen molar-refractivity contribution in [1.82, 2.24) is 5.01 Å². The van der Waals surface area contributed by atoms with Gasteiger partial charge in [-0.15, -0.1) is 0 Å². The maximum atomic E-state index is 12.2. The molecule has 2 N–H and O–H groups in total. The van der Waals surface area contributed by atoms with Gasteiger partial charge in [0.15, 0.2) is 0 Å². The number of halogens is 3. The summed E-state index contributed by atoms with van der Waals surface area (Å²) in [5.74, 6) is 4.12. The van der Waals surface area contributed by atoms with Crippen molar-refractivity contribution in [1.29, 1.82) is 0 Å². The minimum Gasteiger partial charge on any atom is -0.273 e. The van der Waals surface area contributed by atoms with Crippen molar-refractivity contribution in [3.05, 3.63) is 23.9 Å². The topological polar surface area (TPSA) is 46.3 Å². The van der Waals surface area contributed by atoms with Gasteiger partial charge in [-0.25, -0.2) is 10.9 Å². The Labute approximate surface area is 72.3 Å². The van der Waals surface area contributed by atoms with Crippen molar-refractivity contribution in [3.8, 4) is 0 Å². The van der Waals surface area contributed by atoms with Crippen LogP contribution < -0.4 is 5.84 Å². The third-order valence-electron chi connectivity index (χ3n) is 1.54. The van der Waals surface area contributed by atoms with Crippen LogP contribution in [0, 0.1) is 0 Å². The van der Waals surface area contributed by atoms with Gasteiger partial charge in [0.1, 0.15) is 5.70 Å². The van der Waals surface area contributed by atoms with Crippen LogP contribution in [0.1, 0.15) is 6.42 Å². The Morgan fingerprint density at radius 3 is 2.54 bits per heavy atom. The highest BCUT2D eigenvalue weighted by atomic mass is 19.4. The average Bonchev–Trinajstić information content (AvgIpc) is 1.94. The van der Waals surface area contributed by atoms with E-state index in [-0.39, 0.29) is 17.0 Å². The van der Waals surface area contributed by atoms with E-state index < -0.39 is 17.8 Å². The summed E-state index contributed by atoms with van der Waals surface area (Å²) < 4.78 is 36.5. The lowest BCUT2D eigenvalue weighted by atomic mass is 10.1. The minimum absolute atomic E-state index is 0.106. The van der Waals surface area contributed by atoms with Crippen LogP contribution in [0.3, 0.4) is 0 Å². The van der Waals surface area contributed by atoms with Crippen LogP contribution in [-0.2, 0) is 4.79 Å². The molecule has 0 aromatic carbocycles. The minimum atomic E-state index is -4.62. The van der Waals surface area contributed by atoms with Crippen LogP contribution in [0.5, 0.6) is 0 Å². The van der Waals surface area contributed by atoms with E-state index in [1.807, 2.05) is 0 Å². The number of hydrazine groups is 1. The van der Waals surface area contributed by atoms with Gasteiger partial charge in [-0.2, -0.15) is 13.2 Å². The number of amides is 1. The van der Waals surface area contributed by atoms with E-state index in [9.17, 15) is 18.0 Å². The van der Waals surface area contributed by atoms with Crippen LogP contribution >= 0.6 is 0 Å². The largest absolute Gasteiger partial charge is 0.432 e. The second-order valence-electron chi connectivity index (χ2n) is 2.63. The number of rotatable bonds is 0. The Morgan fingerprint density at radius 1 is 1.54 bits per heavy atom. The standard InChI is InChI=1S/C7H7F3N2O/c1-4-2-5(7(8,9)10)12(11)6(13)3-4/h2H,1,3,11H2. The molecule has 0 aromatic rings. The molecular weight excluding hydrogens is 185 g/mol. The van der Waals surface area contributed by atoms with Crippen LogP contribution in [0.25, 0.3) is 0 Å². The van der Waals surface area contributed by atoms with Crippen LogP contribution in [0.15, 0.2) is 23.9 Å². The Kier molecular flexibility index (Phi) is 2.17. The molecule has 1 heterocycles. The van der Waals surface area contributed by atoms with Gasteiger partial charge < -0.3 is 0 Å². The zero-order valence-electron chi connectivity index (χ0n) is 6.56. The van der Waals surface area contributed by atoms with Crippen LogP contribution in [0.2, 0.25) is 0 Å². The summed E-state index contributed by atoms with van der Waals surface area (Å²) >= 11 is 0. The van der Waals surface area contributed by atoms with Crippen molar-refractivity contribution in [3.63, 3.8) is 0 Å². The van der Waals surface area contributed by atoms with Gasteiger partial charge in [0.25, 0.3) is 0 Å². The lowest BCUT2D eigenvalue weighted by Crippen LogP contribution is -2.43. The number of hydrogen-bond acceptors (Lipinski definition) is 2. The van der Waals surface area contributed by atoms with Crippen LogP contribution in [-0.4, -0.2) is 17.1 Å². The van der Waals surface area contributed by atoms with Gasteiger partial charge >= 0.3 is 6.18 Å². The van der Waals surface area contributed by atoms with Gasteiger partial charge in [0, 0.05) is 0 Å². The molecule has 1 aliphatic heterocycles. The first-order valence-corrected chi connectivity index (χ1v) is 3.36. The molecule has 1 amide bonds. The zero-order chi connectivity index (χ0) is 10.2. The fraction of sp³-hybridized carbons (Fsp3) is 0.286. The summed E-state index contributed by atoms with van der Waals surface area (Å²) in [6.07, 6.45) is -4.02. The molecule has 0 aromatic heterocycles. The quantitative estimate of drug-likeness (QED) is 0.461. The zero-order valence-corrected chi connectivity index (χ0v) is 6.56. The van der Waals surface area contributed by atoms with Gasteiger partial charge in [-0.3, -0.25) is 4.79 Å². The fourth-order valence-electron chi connectivity index (χ4n) is 0.946. The molecule has 0 fully saturated rings. The smallest absolute Gasteiger partial charge is 0.273 e. The summed E-state index contributed by atoms with van der Waals surface area (Å²) in [5, 5.41) is 0.106. The van der Waals surface area contributed by atoms with Gasteiger partial charge in [0.2, 0.25) is 5.91 Å². The van der Waals surface area contributed by atoms with Gasteiger partial charge in [0.05, 0.1) is 6.42 Å². The summed E-state index contributed by atoms with van der Waals surface area (Å²) in [5.41, 5.74) is -1.06. The Balaban J connectivity index is 3.07. The number of nitrogens with two attached hydrogens (primary N) is 1. The predicted octanol–water partition coefficient (Wildman–Crippen LogP) is 1.09. The second-order valence-corrected chi connectivity index (χ2v) is 2.63. The highest BCUT2D eigenvalue weighted by molar-refractivity contribution is 5.82. The predicted molar refractivity (Wildman–Crippen MR) is 38.9 cm³/mol. The SMILES string of the molecule is C=C1C=C(C(F)(F)F)N(N)C(=O)C1. The molecular formula is C7H7F3N2O. The molecule has 0 aliphatic carbocycles. The highest BCUT2D eigenvalue weighted by Gasteiger charge is 2.40. The molecule has 0 saturated carbocycles. The molecule has 0 bridgehead atoms. The maximum absolute atomic E-state index is 12.2. The first-order chi connectivity index (χ1) is 5.82. The lowest BCUT2D eigenvalue weighted by molar-refractivity contribution is -0.143. The number of allylic oxidation sites excluding steroid dienone is 2. The molecule has 0 atom stereocenters. The number of carbonyl (C=O) groups is 1. The van der Waals surface area contributed by atoms with E-state index in [1.54, 1.807) is 0 Å². The van der Waals surface area contributed by atoms with Crippen molar-refractivity contribution < 1.29 is 18.0 Å². The Bertz CT molecular complexity index is 293. The molecule has 1 rings (SSSR count). The number of hydrogen-bond donors (Lipinski definition) is 1. The van der Waals surface area contributed by atoms with Crippen molar-refractivity contribution in [2.24, 2.45) is 5.84 Å². The molecule has 6 heteroatoms. The van der Waals surface area contributed by atoms with E-state index in [0.29, 0.717) is 0 Å². The molecule has 0 spiro atoms.